The number of pyridine rings is 1. The molecule has 1 saturated heterocycles. The Bertz CT molecular complexity index is 1380. The second kappa shape index (κ2) is 8.84. The van der Waals surface area contributed by atoms with Gasteiger partial charge in [0, 0.05) is 18.1 Å². The first-order valence-corrected chi connectivity index (χ1v) is 12.3. The van der Waals surface area contributed by atoms with Gasteiger partial charge in [0.2, 0.25) is 10.0 Å². The van der Waals surface area contributed by atoms with E-state index in [1.54, 1.807) is 30.5 Å². The largest absolute Gasteiger partial charge is 0.487 e. The van der Waals surface area contributed by atoms with Gasteiger partial charge in [0.1, 0.15) is 28.9 Å². The number of sulfonamides is 1. The molecule has 5 rings (SSSR count). The third-order valence-corrected chi connectivity index (χ3v) is 7.56. The number of aryl methyl sites for hydroxylation is 1. The van der Waals surface area contributed by atoms with E-state index in [0.717, 1.165) is 16.5 Å². The summed E-state index contributed by atoms with van der Waals surface area (Å²) in [6, 6.07) is 23.9. The quantitative estimate of drug-likeness (QED) is 0.397. The highest BCUT2D eigenvalue weighted by atomic mass is 32.2. The Morgan fingerprint density at radius 1 is 0.939 bits per heavy atom. The van der Waals surface area contributed by atoms with Crippen LogP contribution < -0.4 is 9.47 Å². The predicted octanol–water partition coefficient (Wildman–Crippen LogP) is 5.18. The van der Waals surface area contributed by atoms with Crippen molar-refractivity contribution in [1.82, 2.24) is 9.29 Å². The Morgan fingerprint density at radius 2 is 1.73 bits per heavy atom. The lowest BCUT2D eigenvalue weighted by Gasteiger charge is -2.18. The van der Waals surface area contributed by atoms with E-state index in [1.165, 1.54) is 4.31 Å². The maximum absolute atomic E-state index is 13.2. The molecule has 0 N–H and O–H groups in total. The molecule has 1 aromatic heterocycles. The fourth-order valence-corrected chi connectivity index (χ4v) is 5.49. The molecule has 33 heavy (non-hydrogen) atoms. The number of aromatic nitrogens is 1. The van der Waals surface area contributed by atoms with Crippen LogP contribution in [0.1, 0.15) is 12.0 Å². The van der Waals surface area contributed by atoms with Gasteiger partial charge in [-0.3, -0.25) is 4.98 Å². The molecule has 0 saturated carbocycles. The highest BCUT2D eigenvalue weighted by molar-refractivity contribution is 7.89. The molecule has 1 aliphatic rings. The predicted molar refractivity (Wildman–Crippen MR) is 127 cm³/mol. The van der Waals surface area contributed by atoms with Crippen molar-refractivity contribution in [2.45, 2.75) is 24.3 Å². The fraction of sp³-hybridized carbons (Fsp3) is 0.192. The molecular formula is C26H24N2O4S. The zero-order chi connectivity index (χ0) is 22.8. The molecule has 7 heteroatoms. The van der Waals surface area contributed by atoms with Gasteiger partial charge in [-0.2, -0.15) is 4.31 Å². The van der Waals surface area contributed by atoms with Crippen LogP contribution in [-0.2, 0) is 10.0 Å². The molecule has 0 radical (unpaired) electrons. The average Bonchev–Trinajstić information content (AvgIpc) is 3.29. The highest BCUT2D eigenvalue weighted by Gasteiger charge is 2.34. The summed E-state index contributed by atoms with van der Waals surface area (Å²) in [5.41, 5.74) is 1.88. The number of fused-ring (bicyclic) bond motifs is 1. The summed E-state index contributed by atoms with van der Waals surface area (Å²) in [6.07, 6.45) is 2.13. The Balaban J connectivity index is 1.27. The Labute approximate surface area is 193 Å². The molecule has 168 valence electrons. The van der Waals surface area contributed by atoms with Crippen LogP contribution >= 0.6 is 0 Å². The molecule has 0 amide bonds. The van der Waals surface area contributed by atoms with Crippen molar-refractivity contribution < 1.29 is 17.9 Å². The molecule has 0 spiro atoms. The van der Waals surface area contributed by atoms with Crippen molar-refractivity contribution in [3.8, 4) is 17.2 Å². The van der Waals surface area contributed by atoms with E-state index >= 15 is 0 Å². The van der Waals surface area contributed by atoms with E-state index in [-0.39, 0.29) is 11.0 Å². The number of para-hydroxylation sites is 1. The molecule has 6 nitrogen and oxygen atoms in total. The minimum absolute atomic E-state index is 0.226. The molecule has 4 aromatic rings. The minimum atomic E-state index is -3.62. The topological polar surface area (TPSA) is 68.7 Å². The van der Waals surface area contributed by atoms with Gasteiger partial charge in [0.05, 0.1) is 11.4 Å². The fourth-order valence-electron chi connectivity index (χ4n) is 4.01. The Hall–Kier alpha value is -3.42. The lowest BCUT2D eigenvalue weighted by Crippen LogP contribution is -2.31. The molecule has 1 fully saturated rings. The lowest BCUT2D eigenvalue weighted by atomic mass is 10.2. The molecule has 0 bridgehead atoms. The van der Waals surface area contributed by atoms with Crippen molar-refractivity contribution in [3.63, 3.8) is 0 Å². The summed E-state index contributed by atoms with van der Waals surface area (Å²) < 4.78 is 39.8. The van der Waals surface area contributed by atoms with Gasteiger partial charge in [-0.1, -0.05) is 30.3 Å². The molecule has 1 atom stereocenters. The molecular weight excluding hydrogens is 436 g/mol. The number of rotatable bonds is 6. The Morgan fingerprint density at radius 3 is 2.55 bits per heavy atom. The van der Waals surface area contributed by atoms with Gasteiger partial charge in [0.25, 0.3) is 0 Å². The van der Waals surface area contributed by atoms with Gasteiger partial charge < -0.3 is 9.47 Å². The Kier molecular flexibility index (Phi) is 5.74. The van der Waals surface area contributed by atoms with Crippen LogP contribution in [0.5, 0.6) is 17.2 Å². The van der Waals surface area contributed by atoms with Crippen LogP contribution in [0.3, 0.4) is 0 Å². The van der Waals surface area contributed by atoms with E-state index < -0.39 is 10.0 Å². The maximum atomic E-state index is 13.2. The second-order valence-electron chi connectivity index (χ2n) is 8.11. The van der Waals surface area contributed by atoms with Crippen molar-refractivity contribution >= 4 is 20.9 Å². The molecule has 1 unspecified atom stereocenters. The first kappa shape index (κ1) is 21.4. The molecule has 1 aliphatic heterocycles. The van der Waals surface area contributed by atoms with Crippen LogP contribution in [0.4, 0.5) is 0 Å². The average molecular weight is 461 g/mol. The van der Waals surface area contributed by atoms with Gasteiger partial charge in [-0.15, -0.1) is 0 Å². The molecule has 2 heterocycles. The van der Waals surface area contributed by atoms with Gasteiger partial charge >= 0.3 is 0 Å². The minimum Gasteiger partial charge on any atom is -0.487 e. The van der Waals surface area contributed by atoms with Crippen LogP contribution in [0.25, 0.3) is 10.9 Å². The number of ether oxygens (including phenoxy) is 2. The van der Waals surface area contributed by atoms with Gasteiger partial charge in [-0.25, -0.2) is 8.42 Å². The van der Waals surface area contributed by atoms with Crippen molar-refractivity contribution in [1.29, 1.82) is 0 Å². The van der Waals surface area contributed by atoms with E-state index in [1.807, 2.05) is 61.5 Å². The zero-order valence-electron chi connectivity index (χ0n) is 18.2. The van der Waals surface area contributed by atoms with Crippen molar-refractivity contribution in [2.24, 2.45) is 0 Å². The molecule has 0 aliphatic carbocycles. The third kappa shape index (κ3) is 4.55. The van der Waals surface area contributed by atoms with Crippen molar-refractivity contribution in [2.75, 3.05) is 13.1 Å². The molecule has 3 aromatic carbocycles. The smallest absolute Gasteiger partial charge is 0.243 e. The monoisotopic (exact) mass is 460 g/mol. The first-order chi connectivity index (χ1) is 16.0. The van der Waals surface area contributed by atoms with Crippen LogP contribution in [0.2, 0.25) is 0 Å². The van der Waals surface area contributed by atoms with E-state index in [4.69, 9.17) is 9.47 Å². The summed E-state index contributed by atoms with van der Waals surface area (Å²) in [7, 11) is -3.62. The number of hydrogen-bond acceptors (Lipinski definition) is 5. The number of nitrogens with zero attached hydrogens (tertiary/aromatic N) is 2. The van der Waals surface area contributed by atoms with Crippen LogP contribution in [-0.4, -0.2) is 36.9 Å². The van der Waals surface area contributed by atoms with E-state index in [0.29, 0.717) is 36.8 Å². The highest BCUT2D eigenvalue weighted by Crippen LogP contribution is 2.29. The summed E-state index contributed by atoms with van der Waals surface area (Å²) in [5, 5.41) is 0.991. The zero-order valence-corrected chi connectivity index (χ0v) is 19.0. The SMILES string of the molecule is Cc1cccc(Oc2ccc(S(=O)(=O)N3CCC(Oc4cccc5cccnc45)C3)cc2)c1. The summed E-state index contributed by atoms with van der Waals surface area (Å²) in [4.78, 5) is 4.66. The normalized spacial score (nSPS) is 16.7. The number of hydrogen-bond donors (Lipinski definition) is 0. The lowest BCUT2D eigenvalue weighted by molar-refractivity contribution is 0.218. The summed E-state index contributed by atoms with van der Waals surface area (Å²) in [6.45, 7) is 2.70. The second-order valence-corrected chi connectivity index (χ2v) is 10.1. The van der Waals surface area contributed by atoms with Gasteiger partial charge in [0.15, 0.2) is 0 Å². The summed E-state index contributed by atoms with van der Waals surface area (Å²) in [5.74, 6) is 1.98. The maximum Gasteiger partial charge on any atom is 0.243 e. The van der Waals surface area contributed by atoms with Crippen LogP contribution in [0, 0.1) is 6.92 Å². The summed E-state index contributed by atoms with van der Waals surface area (Å²) >= 11 is 0. The third-order valence-electron chi connectivity index (χ3n) is 5.68. The first-order valence-electron chi connectivity index (χ1n) is 10.8. The van der Waals surface area contributed by atoms with Crippen molar-refractivity contribution in [3.05, 3.63) is 90.6 Å². The van der Waals surface area contributed by atoms with E-state index in [2.05, 4.69) is 4.98 Å². The van der Waals surface area contributed by atoms with Crippen LogP contribution in [0.15, 0.2) is 90.0 Å². The number of benzene rings is 3. The standard InChI is InChI=1S/C26H24N2O4S/c1-19-5-2-8-22(17-19)31-21-10-12-24(13-11-21)33(29,30)28-16-14-23(18-28)32-25-9-3-6-20-7-4-15-27-26(20)25/h2-13,15,17,23H,14,16,18H2,1H3. The van der Waals surface area contributed by atoms with E-state index in [9.17, 15) is 8.42 Å². The van der Waals surface area contributed by atoms with Gasteiger partial charge in [-0.05, 0) is 67.4 Å².